The number of nitrogens with two attached hydrogens (primary N) is 1. The van der Waals surface area contributed by atoms with Gasteiger partial charge in [-0.25, -0.2) is 0 Å². The van der Waals surface area contributed by atoms with Crippen molar-refractivity contribution in [3.8, 4) is 0 Å². The average molecular weight is 379 g/mol. The molecule has 0 radical (unpaired) electrons. The number of primary amides is 1. The summed E-state index contributed by atoms with van der Waals surface area (Å²) >= 11 is 0. The van der Waals surface area contributed by atoms with Crippen LogP contribution in [-0.2, 0) is 4.79 Å². The summed E-state index contributed by atoms with van der Waals surface area (Å²) in [5.41, 5.74) is 8.18. The lowest BCUT2D eigenvalue weighted by Gasteiger charge is -2.38. The smallest absolute Gasteiger partial charge is 0.224 e. The molecular weight excluding hydrogens is 344 g/mol. The summed E-state index contributed by atoms with van der Waals surface area (Å²) in [6.07, 6.45) is 6.98. The highest BCUT2D eigenvalue weighted by molar-refractivity contribution is 5.81. The third-order valence-electron chi connectivity index (χ3n) is 6.44. The number of benzene rings is 2. The van der Waals surface area contributed by atoms with Crippen molar-refractivity contribution < 1.29 is 4.79 Å². The molecule has 2 N–H and O–H groups in total. The minimum atomic E-state index is -0.198. The number of nitrogens with zero attached hydrogens (tertiary/aromatic N) is 1. The highest BCUT2D eigenvalue weighted by atomic mass is 16.1. The van der Waals surface area contributed by atoms with Gasteiger partial charge in [0.25, 0.3) is 0 Å². The summed E-state index contributed by atoms with van der Waals surface area (Å²) in [5.74, 6) is 1.06. The molecule has 1 amide bonds. The summed E-state index contributed by atoms with van der Waals surface area (Å²) in [5, 5.41) is 0. The topological polar surface area (TPSA) is 46.3 Å². The lowest BCUT2D eigenvalue weighted by Crippen LogP contribution is -2.30. The summed E-state index contributed by atoms with van der Waals surface area (Å²) in [6, 6.07) is 21.4. The second-order valence-corrected chi connectivity index (χ2v) is 8.54. The van der Waals surface area contributed by atoms with Gasteiger partial charge >= 0.3 is 0 Å². The van der Waals surface area contributed by atoms with Gasteiger partial charge in [-0.05, 0) is 62.7 Å². The van der Waals surface area contributed by atoms with Crippen LogP contribution in [0.4, 0.5) is 0 Å². The Bertz CT molecular complexity index is 721. The first-order chi connectivity index (χ1) is 13.6. The van der Waals surface area contributed by atoms with Crippen LogP contribution < -0.4 is 5.73 Å². The van der Waals surface area contributed by atoms with Gasteiger partial charge in [0.2, 0.25) is 5.91 Å². The second-order valence-electron chi connectivity index (χ2n) is 8.54. The SMILES string of the molecule is CN(C)C(c1ccccc1)C1CCC(CCC(C(N)=O)c2ccccc2)CC1. The van der Waals surface area contributed by atoms with Crippen LogP contribution in [0.1, 0.15) is 61.6 Å². The van der Waals surface area contributed by atoms with Crippen LogP contribution in [-0.4, -0.2) is 24.9 Å². The van der Waals surface area contributed by atoms with Gasteiger partial charge in [-0.3, -0.25) is 4.79 Å². The van der Waals surface area contributed by atoms with E-state index in [2.05, 4.69) is 49.3 Å². The Morgan fingerprint density at radius 1 is 0.929 bits per heavy atom. The maximum absolute atomic E-state index is 12.0. The van der Waals surface area contributed by atoms with Crippen molar-refractivity contribution in [2.45, 2.75) is 50.5 Å². The number of hydrogen-bond acceptors (Lipinski definition) is 2. The Balaban J connectivity index is 1.55. The molecule has 1 fully saturated rings. The van der Waals surface area contributed by atoms with Crippen molar-refractivity contribution in [1.82, 2.24) is 4.90 Å². The number of carbonyl (C=O) groups excluding carboxylic acids is 1. The van der Waals surface area contributed by atoms with Crippen molar-refractivity contribution in [2.24, 2.45) is 17.6 Å². The zero-order valence-electron chi connectivity index (χ0n) is 17.3. The molecule has 2 aromatic rings. The van der Waals surface area contributed by atoms with Crippen molar-refractivity contribution in [3.63, 3.8) is 0 Å². The van der Waals surface area contributed by atoms with E-state index in [0.29, 0.717) is 17.9 Å². The largest absolute Gasteiger partial charge is 0.369 e. The van der Waals surface area contributed by atoms with Crippen molar-refractivity contribution >= 4 is 5.91 Å². The molecule has 3 heteroatoms. The van der Waals surface area contributed by atoms with Gasteiger partial charge in [0, 0.05) is 6.04 Å². The van der Waals surface area contributed by atoms with Gasteiger partial charge in [-0.2, -0.15) is 0 Å². The van der Waals surface area contributed by atoms with Crippen LogP contribution in [0.25, 0.3) is 0 Å². The molecule has 0 saturated heterocycles. The first-order valence-electron chi connectivity index (χ1n) is 10.6. The fourth-order valence-corrected chi connectivity index (χ4v) is 5.00. The van der Waals surface area contributed by atoms with E-state index in [0.717, 1.165) is 18.4 Å². The fraction of sp³-hybridized carbons (Fsp3) is 0.480. The lowest BCUT2D eigenvalue weighted by molar-refractivity contribution is -0.119. The quantitative estimate of drug-likeness (QED) is 0.691. The van der Waals surface area contributed by atoms with Gasteiger partial charge in [-0.1, -0.05) is 73.5 Å². The molecule has 1 aliphatic rings. The molecule has 0 heterocycles. The molecule has 0 spiro atoms. The van der Waals surface area contributed by atoms with Crippen LogP contribution in [0.2, 0.25) is 0 Å². The van der Waals surface area contributed by atoms with Gasteiger partial charge in [0.1, 0.15) is 0 Å². The van der Waals surface area contributed by atoms with Crippen LogP contribution in [0.5, 0.6) is 0 Å². The van der Waals surface area contributed by atoms with Gasteiger partial charge in [0.05, 0.1) is 5.92 Å². The van der Waals surface area contributed by atoms with Crippen molar-refractivity contribution in [2.75, 3.05) is 14.1 Å². The molecule has 2 aromatic carbocycles. The Morgan fingerprint density at radius 3 is 1.96 bits per heavy atom. The van der Waals surface area contributed by atoms with E-state index in [1.54, 1.807) is 0 Å². The minimum absolute atomic E-state index is 0.155. The van der Waals surface area contributed by atoms with E-state index in [9.17, 15) is 4.79 Å². The highest BCUT2D eigenvalue weighted by Crippen LogP contribution is 2.41. The molecule has 3 nitrogen and oxygen atoms in total. The number of hydrogen-bond donors (Lipinski definition) is 1. The lowest BCUT2D eigenvalue weighted by atomic mass is 9.74. The molecule has 2 atom stereocenters. The van der Waals surface area contributed by atoms with E-state index in [1.165, 1.54) is 31.2 Å². The van der Waals surface area contributed by atoms with Gasteiger partial charge in [0.15, 0.2) is 0 Å². The van der Waals surface area contributed by atoms with Crippen LogP contribution in [0.15, 0.2) is 60.7 Å². The third kappa shape index (κ3) is 5.23. The van der Waals surface area contributed by atoms with E-state index >= 15 is 0 Å². The van der Waals surface area contributed by atoms with E-state index in [4.69, 9.17) is 5.73 Å². The zero-order chi connectivity index (χ0) is 19.9. The minimum Gasteiger partial charge on any atom is -0.369 e. The Morgan fingerprint density at radius 2 is 1.46 bits per heavy atom. The predicted octanol–water partition coefficient (Wildman–Crippen LogP) is 5.15. The van der Waals surface area contributed by atoms with E-state index in [-0.39, 0.29) is 11.8 Å². The van der Waals surface area contributed by atoms with Crippen LogP contribution >= 0.6 is 0 Å². The maximum atomic E-state index is 12.0. The van der Waals surface area contributed by atoms with Gasteiger partial charge in [-0.15, -0.1) is 0 Å². The molecule has 0 aliphatic heterocycles. The molecule has 2 unspecified atom stereocenters. The Hall–Kier alpha value is -2.13. The Kier molecular flexibility index (Phi) is 7.27. The van der Waals surface area contributed by atoms with E-state index < -0.39 is 0 Å². The normalized spacial score (nSPS) is 22.0. The first-order valence-corrected chi connectivity index (χ1v) is 10.6. The predicted molar refractivity (Wildman–Crippen MR) is 116 cm³/mol. The van der Waals surface area contributed by atoms with Crippen molar-refractivity contribution in [1.29, 1.82) is 0 Å². The molecule has 1 aliphatic carbocycles. The summed E-state index contributed by atoms with van der Waals surface area (Å²) in [4.78, 5) is 14.3. The Labute approximate surface area is 169 Å². The molecule has 150 valence electrons. The summed E-state index contributed by atoms with van der Waals surface area (Å²) < 4.78 is 0. The van der Waals surface area contributed by atoms with Gasteiger partial charge < -0.3 is 10.6 Å². The highest BCUT2D eigenvalue weighted by Gasteiger charge is 2.30. The summed E-state index contributed by atoms with van der Waals surface area (Å²) in [7, 11) is 4.39. The van der Waals surface area contributed by atoms with Crippen LogP contribution in [0.3, 0.4) is 0 Å². The van der Waals surface area contributed by atoms with E-state index in [1.807, 2.05) is 30.3 Å². The average Bonchev–Trinajstić information content (AvgIpc) is 2.70. The first kappa shape index (κ1) is 20.6. The van der Waals surface area contributed by atoms with Crippen molar-refractivity contribution in [3.05, 3.63) is 71.8 Å². The molecule has 1 saturated carbocycles. The molecule has 3 rings (SSSR count). The molecular formula is C25H34N2O. The van der Waals surface area contributed by atoms with Crippen LogP contribution in [0, 0.1) is 11.8 Å². The molecule has 0 aromatic heterocycles. The number of rotatable bonds is 8. The zero-order valence-corrected chi connectivity index (χ0v) is 17.3. The summed E-state index contributed by atoms with van der Waals surface area (Å²) in [6.45, 7) is 0. The molecule has 28 heavy (non-hydrogen) atoms. The fourth-order valence-electron chi connectivity index (χ4n) is 5.00. The number of amides is 1. The third-order valence-corrected chi connectivity index (χ3v) is 6.44. The standard InChI is InChI=1S/C25H34N2O/c1-27(2)24(21-11-7-4-8-12-21)22-16-13-19(14-17-22)15-18-23(25(26)28)20-9-5-3-6-10-20/h3-12,19,22-24H,13-18H2,1-2H3,(H2,26,28). The number of carbonyl (C=O) groups is 1. The monoisotopic (exact) mass is 378 g/mol. The second kappa shape index (κ2) is 9.88. The maximum Gasteiger partial charge on any atom is 0.224 e. The molecule has 0 bridgehead atoms.